The van der Waals surface area contributed by atoms with Crippen LogP contribution in [0.1, 0.15) is 119 Å². The van der Waals surface area contributed by atoms with Crippen molar-refractivity contribution in [2.24, 2.45) is 17.3 Å². The van der Waals surface area contributed by atoms with E-state index in [1.54, 1.807) is 0 Å². The highest BCUT2D eigenvalue weighted by molar-refractivity contribution is 7.80. The van der Waals surface area contributed by atoms with Gasteiger partial charge in [0.1, 0.15) is 0 Å². The Labute approximate surface area is 230 Å². The van der Waals surface area contributed by atoms with Crippen LogP contribution in [0, 0.1) is 17.3 Å². The van der Waals surface area contributed by atoms with Gasteiger partial charge in [-0.05, 0) is 80.3 Å². The predicted octanol–water partition coefficient (Wildman–Crippen LogP) is 11.8. The summed E-state index contributed by atoms with van der Waals surface area (Å²) in [5, 5.41) is 0. The van der Waals surface area contributed by atoms with Crippen molar-refractivity contribution in [3.05, 3.63) is 60.8 Å². The summed E-state index contributed by atoms with van der Waals surface area (Å²) in [6.45, 7) is 29.1. The fraction of sp³-hybridized carbons (Fsp3) is 0.697. The van der Waals surface area contributed by atoms with Crippen LogP contribution in [0.25, 0.3) is 0 Å². The zero-order chi connectivity index (χ0) is 27.7. The quantitative estimate of drug-likeness (QED) is 0.112. The molecule has 0 aromatic rings. The molecule has 2 atom stereocenters. The van der Waals surface area contributed by atoms with Gasteiger partial charge in [-0.2, -0.15) is 12.6 Å². The van der Waals surface area contributed by atoms with Crippen LogP contribution in [-0.4, -0.2) is 12.4 Å². The average molecular weight is 523 g/mol. The lowest BCUT2D eigenvalue weighted by Crippen LogP contribution is -2.09. The van der Waals surface area contributed by atoms with Gasteiger partial charge in [0.15, 0.2) is 0 Å². The summed E-state index contributed by atoms with van der Waals surface area (Å²) in [5.74, 6) is 2.18. The molecular formula is C33H63PS. The standard InChI is InChI=1S/C23H38S.C7H14.C2H6.CH5P/c1-5-11-22(23(12-6-2)17-19(3)18-24)16-10-13-20(4)21-14-8-7-9-15-21;1-5-6-7(2,3)4;2*1-2/h6,12,17,21-22,24H,3-5,7-11,13-16,18H2,1-2H3;5H,1,6H2,2-4H3;1-2H3;2H2,1H3/b12-6-,23-17+;;;. The second-order valence-corrected chi connectivity index (χ2v) is 10.7. The highest BCUT2D eigenvalue weighted by atomic mass is 32.1. The molecule has 0 N–H and O–H groups in total. The first kappa shape index (κ1) is 39.0. The monoisotopic (exact) mass is 522 g/mol. The molecule has 2 unspecified atom stereocenters. The Morgan fingerprint density at radius 2 is 1.63 bits per heavy atom. The number of hydrogen-bond donors (Lipinski definition) is 1. The van der Waals surface area contributed by atoms with Gasteiger partial charge in [-0.1, -0.05) is 117 Å². The third-order valence-electron chi connectivity index (χ3n) is 6.03. The first-order valence-corrected chi connectivity index (χ1v) is 16.0. The Balaban J connectivity index is -0.000000786. The molecule has 0 nitrogen and oxygen atoms in total. The average Bonchev–Trinajstić information content (AvgIpc) is 2.85. The summed E-state index contributed by atoms with van der Waals surface area (Å²) >= 11 is 4.36. The molecule has 1 fully saturated rings. The molecular weight excluding hydrogens is 459 g/mol. The molecule has 0 bridgehead atoms. The van der Waals surface area contributed by atoms with E-state index in [0.717, 1.165) is 23.7 Å². The Kier molecular flexibility index (Phi) is 29.6. The summed E-state index contributed by atoms with van der Waals surface area (Å²) < 4.78 is 0. The van der Waals surface area contributed by atoms with Gasteiger partial charge in [0.25, 0.3) is 0 Å². The van der Waals surface area contributed by atoms with Crippen molar-refractivity contribution in [2.75, 3.05) is 12.4 Å². The van der Waals surface area contributed by atoms with E-state index >= 15 is 0 Å². The van der Waals surface area contributed by atoms with Gasteiger partial charge in [-0.25, -0.2) is 0 Å². The second-order valence-electron chi connectivity index (χ2n) is 10.4. The summed E-state index contributed by atoms with van der Waals surface area (Å²) in [6, 6.07) is 0. The lowest BCUT2D eigenvalue weighted by Gasteiger charge is -2.24. The van der Waals surface area contributed by atoms with Crippen LogP contribution in [0.3, 0.4) is 0 Å². The normalized spacial score (nSPS) is 15.0. The van der Waals surface area contributed by atoms with E-state index in [4.69, 9.17) is 0 Å². The van der Waals surface area contributed by atoms with Gasteiger partial charge in [0.2, 0.25) is 0 Å². The lowest BCUT2D eigenvalue weighted by atomic mass is 9.81. The predicted molar refractivity (Wildman–Crippen MR) is 175 cm³/mol. The van der Waals surface area contributed by atoms with Gasteiger partial charge in [-0.3, -0.25) is 0 Å². The van der Waals surface area contributed by atoms with Crippen molar-refractivity contribution < 1.29 is 0 Å². The topological polar surface area (TPSA) is 0 Å². The van der Waals surface area contributed by atoms with E-state index in [-0.39, 0.29) is 0 Å². The highest BCUT2D eigenvalue weighted by Gasteiger charge is 2.17. The van der Waals surface area contributed by atoms with Gasteiger partial charge in [0, 0.05) is 5.75 Å². The molecule has 1 aliphatic carbocycles. The number of allylic oxidation sites excluding steroid dienone is 6. The number of rotatable bonds is 12. The first-order valence-electron chi connectivity index (χ1n) is 14.2. The number of hydrogen-bond acceptors (Lipinski definition) is 1. The van der Waals surface area contributed by atoms with Gasteiger partial charge in [-0.15, -0.1) is 15.8 Å². The second kappa shape index (κ2) is 26.5. The minimum atomic E-state index is 0.432. The molecule has 0 radical (unpaired) electrons. The first-order chi connectivity index (χ1) is 16.7. The van der Waals surface area contributed by atoms with Crippen LogP contribution in [0.2, 0.25) is 0 Å². The largest absolute Gasteiger partial charge is 0.175 e. The van der Waals surface area contributed by atoms with Crippen LogP contribution in [0.15, 0.2) is 60.8 Å². The maximum absolute atomic E-state index is 4.41. The zero-order valence-corrected chi connectivity index (χ0v) is 27.1. The molecule has 0 aliphatic heterocycles. The molecule has 1 rings (SSSR count). The Morgan fingerprint density at radius 3 is 2.03 bits per heavy atom. The molecule has 0 saturated heterocycles. The molecule has 35 heavy (non-hydrogen) atoms. The summed E-state index contributed by atoms with van der Waals surface area (Å²) in [4.78, 5) is 0. The number of thiol groups is 1. The van der Waals surface area contributed by atoms with Crippen molar-refractivity contribution in [3.8, 4) is 0 Å². The Bertz CT molecular complexity index is 570. The van der Waals surface area contributed by atoms with E-state index < -0.39 is 0 Å². The van der Waals surface area contributed by atoms with E-state index in [1.807, 2.05) is 26.6 Å². The highest BCUT2D eigenvalue weighted by Crippen LogP contribution is 2.33. The molecule has 0 aromatic carbocycles. The van der Waals surface area contributed by atoms with E-state index in [1.165, 1.54) is 75.4 Å². The summed E-state index contributed by atoms with van der Waals surface area (Å²) in [6.07, 6.45) is 23.0. The molecule has 0 aromatic heterocycles. The van der Waals surface area contributed by atoms with Crippen molar-refractivity contribution in [1.82, 2.24) is 0 Å². The van der Waals surface area contributed by atoms with Crippen molar-refractivity contribution in [1.29, 1.82) is 0 Å². The molecule has 2 heteroatoms. The summed E-state index contributed by atoms with van der Waals surface area (Å²) in [5.41, 5.74) is 4.49. The molecule has 1 aliphatic rings. The maximum Gasteiger partial charge on any atom is 0.0148 e. The van der Waals surface area contributed by atoms with E-state index in [2.05, 4.69) is 94.5 Å². The lowest BCUT2D eigenvalue weighted by molar-refractivity contribution is 0.389. The van der Waals surface area contributed by atoms with Crippen LogP contribution in [0.4, 0.5) is 0 Å². The van der Waals surface area contributed by atoms with Gasteiger partial charge < -0.3 is 0 Å². The zero-order valence-electron chi connectivity index (χ0n) is 25.1. The van der Waals surface area contributed by atoms with Crippen molar-refractivity contribution in [2.45, 2.75) is 119 Å². The minimum Gasteiger partial charge on any atom is -0.175 e. The van der Waals surface area contributed by atoms with E-state index in [0.29, 0.717) is 11.3 Å². The Morgan fingerprint density at radius 1 is 1.06 bits per heavy atom. The van der Waals surface area contributed by atoms with Gasteiger partial charge in [0.05, 0.1) is 0 Å². The molecule has 0 spiro atoms. The third kappa shape index (κ3) is 23.6. The molecule has 0 amide bonds. The third-order valence-corrected chi connectivity index (χ3v) is 6.44. The van der Waals surface area contributed by atoms with Crippen LogP contribution in [-0.2, 0) is 0 Å². The van der Waals surface area contributed by atoms with E-state index in [9.17, 15) is 0 Å². The van der Waals surface area contributed by atoms with Crippen molar-refractivity contribution >= 4 is 21.9 Å². The Hall–Kier alpha value is -0.520. The van der Waals surface area contributed by atoms with Crippen LogP contribution in [0.5, 0.6) is 0 Å². The van der Waals surface area contributed by atoms with Gasteiger partial charge >= 0.3 is 0 Å². The maximum atomic E-state index is 4.41. The SMILES string of the molecule is C=C(/C=C(\C=C/C)C(CCC)CCCC(=C)C1CCCCC1)CS.C=CCC(C)(C)C.CC.CP. The minimum absolute atomic E-state index is 0.432. The molecule has 1 saturated carbocycles. The molecule has 0 heterocycles. The van der Waals surface area contributed by atoms with Crippen LogP contribution >= 0.6 is 21.9 Å². The fourth-order valence-electron chi connectivity index (χ4n) is 4.33. The summed E-state index contributed by atoms with van der Waals surface area (Å²) in [7, 11) is 2.42. The fourth-order valence-corrected chi connectivity index (χ4v) is 4.42. The molecule has 206 valence electrons. The van der Waals surface area contributed by atoms with Crippen LogP contribution < -0.4 is 0 Å². The van der Waals surface area contributed by atoms with Crippen molar-refractivity contribution in [3.63, 3.8) is 0 Å². The smallest absolute Gasteiger partial charge is 0.0148 e.